The number of phenols is 1. The smallest absolute Gasteiger partial charge is 0.243 e. The Morgan fingerprint density at radius 3 is 2.60 bits per heavy atom. The van der Waals surface area contributed by atoms with E-state index in [4.69, 9.17) is 11.6 Å². The number of hydrogen-bond donors (Lipinski definition) is 3. The molecule has 30 heavy (non-hydrogen) atoms. The van der Waals surface area contributed by atoms with Gasteiger partial charge in [0.1, 0.15) is 12.3 Å². The normalized spacial score (nSPS) is 19.2. The highest BCUT2D eigenvalue weighted by Crippen LogP contribution is 2.25. The summed E-state index contributed by atoms with van der Waals surface area (Å²) in [6.07, 6.45) is 3.20. The lowest BCUT2D eigenvalue weighted by Crippen LogP contribution is -3.11. The first kappa shape index (κ1) is 20.4. The third kappa shape index (κ3) is 4.81. The Morgan fingerprint density at radius 2 is 1.83 bits per heavy atom. The highest BCUT2D eigenvalue weighted by molar-refractivity contribution is 6.30. The van der Waals surface area contributed by atoms with Crippen molar-refractivity contribution in [2.24, 2.45) is 11.0 Å². The lowest BCUT2D eigenvalue weighted by Gasteiger charge is -2.28. The van der Waals surface area contributed by atoms with Crippen LogP contribution in [0.1, 0.15) is 24.0 Å². The maximum Gasteiger partial charge on any atom is 0.243 e. The van der Waals surface area contributed by atoms with Gasteiger partial charge in [0, 0.05) is 29.0 Å². The first-order valence-corrected chi connectivity index (χ1v) is 10.6. The van der Waals surface area contributed by atoms with Gasteiger partial charge in [-0.3, -0.25) is 4.79 Å². The quantitative estimate of drug-likeness (QED) is 0.437. The van der Waals surface area contributed by atoms with Gasteiger partial charge in [0.15, 0.2) is 0 Å². The van der Waals surface area contributed by atoms with Crippen LogP contribution in [0.4, 0.5) is 0 Å². The summed E-state index contributed by atoms with van der Waals surface area (Å²) in [5.41, 5.74) is 4.53. The molecule has 0 aliphatic carbocycles. The molecule has 3 N–H and O–H groups in total. The molecule has 154 valence electrons. The SMILES string of the molecule is O=C(N/N=C/c1c(O)ccc2ccccc12)C1CC[NH+](Cc2ccc(Cl)cc2)CC1. The van der Waals surface area contributed by atoms with E-state index in [2.05, 4.69) is 22.7 Å². The van der Waals surface area contributed by atoms with Gasteiger partial charge >= 0.3 is 0 Å². The molecule has 0 spiro atoms. The van der Waals surface area contributed by atoms with Gasteiger partial charge in [-0.25, -0.2) is 5.43 Å². The lowest BCUT2D eigenvalue weighted by molar-refractivity contribution is -0.919. The Morgan fingerprint density at radius 1 is 1.10 bits per heavy atom. The molecule has 1 saturated heterocycles. The van der Waals surface area contributed by atoms with Crippen molar-refractivity contribution in [1.82, 2.24) is 5.43 Å². The van der Waals surface area contributed by atoms with E-state index in [9.17, 15) is 9.90 Å². The van der Waals surface area contributed by atoms with Crippen molar-refractivity contribution in [2.75, 3.05) is 13.1 Å². The molecule has 0 saturated carbocycles. The van der Waals surface area contributed by atoms with Crippen LogP contribution in [0, 0.1) is 5.92 Å². The second-order valence-corrected chi connectivity index (χ2v) is 8.22. The fraction of sp³-hybridized carbons (Fsp3) is 0.250. The first-order valence-electron chi connectivity index (χ1n) is 10.2. The van der Waals surface area contributed by atoms with Crippen molar-refractivity contribution >= 4 is 34.5 Å². The number of carbonyl (C=O) groups is 1. The Kier molecular flexibility index (Phi) is 6.31. The third-order valence-electron chi connectivity index (χ3n) is 5.75. The summed E-state index contributed by atoms with van der Waals surface area (Å²) < 4.78 is 0. The van der Waals surface area contributed by atoms with Crippen molar-refractivity contribution in [1.29, 1.82) is 0 Å². The molecule has 1 aliphatic heterocycles. The van der Waals surface area contributed by atoms with Crippen LogP contribution in [0.2, 0.25) is 5.02 Å². The number of likely N-dealkylation sites (tertiary alicyclic amines) is 1. The average molecular weight is 423 g/mol. The minimum absolute atomic E-state index is 0.0303. The van der Waals surface area contributed by atoms with Crippen molar-refractivity contribution < 1.29 is 14.8 Å². The highest BCUT2D eigenvalue weighted by Gasteiger charge is 2.27. The molecule has 1 aliphatic rings. The fourth-order valence-electron chi connectivity index (χ4n) is 4.03. The number of quaternary nitrogens is 1. The maximum atomic E-state index is 12.5. The zero-order chi connectivity index (χ0) is 20.9. The number of piperidine rings is 1. The van der Waals surface area contributed by atoms with E-state index in [0.717, 1.165) is 48.3 Å². The van der Waals surface area contributed by atoms with E-state index in [1.54, 1.807) is 6.07 Å². The summed E-state index contributed by atoms with van der Waals surface area (Å²) in [5, 5.41) is 17.0. The second-order valence-electron chi connectivity index (χ2n) is 7.78. The molecule has 1 amide bonds. The second kappa shape index (κ2) is 9.28. The van der Waals surface area contributed by atoms with E-state index < -0.39 is 0 Å². The number of aromatic hydroxyl groups is 1. The molecule has 0 bridgehead atoms. The lowest BCUT2D eigenvalue weighted by atomic mass is 9.96. The molecule has 5 nitrogen and oxygen atoms in total. The molecule has 4 rings (SSSR count). The van der Waals surface area contributed by atoms with Gasteiger partial charge < -0.3 is 10.0 Å². The molecule has 3 aromatic carbocycles. The van der Waals surface area contributed by atoms with Crippen molar-refractivity contribution in [3.63, 3.8) is 0 Å². The van der Waals surface area contributed by atoms with Crippen LogP contribution < -0.4 is 10.3 Å². The number of hydrogen-bond acceptors (Lipinski definition) is 3. The van der Waals surface area contributed by atoms with Gasteiger partial charge in [-0.2, -0.15) is 5.10 Å². The fourth-order valence-corrected chi connectivity index (χ4v) is 4.15. The summed E-state index contributed by atoms with van der Waals surface area (Å²) in [4.78, 5) is 14.0. The predicted molar refractivity (Wildman–Crippen MR) is 120 cm³/mol. The van der Waals surface area contributed by atoms with Crippen LogP contribution in [-0.2, 0) is 11.3 Å². The molecule has 3 aromatic rings. The van der Waals surface area contributed by atoms with E-state index >= 15 is 0 Å². The number of carbonyl (C=O) groups excluding carboxylic acids is 1. The number of amides is 1. The number of nitrogens with one attached hydrogen (secondary N) is 2. The van der Waals surface area contributed by atoms with Gasteiger partial charge in [-0.15, -0.1) is 0 Å². The van der Waals surface area contributed by atoms with Crippen molar-refractivity contribution in [3.05, 3.63) is 76.8 Å². The van der Waals surface area contributed by atoms with Crippen molar-refractivity contribution in [2.45, 2.75) is 19.4 Å². The summed E-state index contributed by atoms with van der Waals surface area (Å²) in [6, 6.07) is 19.2. The van der Waals surface area contributed by atoms with Gasteiger partial charge in [-0.1, -0.05) is 54.1 Å². The zero-order valence-corrected chi connectivity index (χ0v) is 17.4. The topological polar surface area (TPSA) is 66.1 Å². The monoisotopic (exact) mass is 422 g/mol. The van der Waals surface area contributed by atoms with Crippen LogP contribution in [-0.4, -0.2) is 30.3 Å². The largest absolute Gasteiger partial charge is 0.507 e. The van der Waals surface area contributed by atoms with E-state index in [1.807, 2.05) is 42.5 Å². The van der Waals surface area contributed by atoms with Gasteiger partial charge in [0.05, 0.1) is 25.2 Å². The molecular formula is C24H25ClN3O2+. The zero-order valence-electron chi connectivity index (χ0n) is 16.6. The molecule has 0 aromatic heterocycles. The third-order valence-corrected chi connectivity index (χ3v) is 6.00. The Balaban J connectivity index is 1.31. The number of nitrogens with zero attached hydrogens (tertiary/aromatic N) is 1. The van der Waals surface area contributed by atoms with E-state index in [1.165, 1.54) is 16.7 Å². The van der Waals surface area contributed by atoms with Crippen LogP contribution in [0.25, 0.3) is 10.8 Å². The predicted octanol–water partition coefficient (Wildman–Crippen LogP) is 3.14. The Hall–Kier alpha value is -2.89. The van der Waals surface area contributed by atoms with E-state index in [-0.39, 0.29) is 17.6 Å². The van der Waals surface area contributed by atoms with E-state index in [0.29, 0.717) is 5.56 Å². The number of halogens is 1. The summed E-state index contributed by atoms with van der Waals surface area (Å²) >= 11 is 5.95. The van der Waals surface area contributed by atoms with Gasteiger partial charge in [-0.05, 0) is 29.0 Å². The molecule has 1 fully saturated rings. The standard InChI is InChI=1S/C24H24ClN3O2/c25-20-8-5-17(6-9-20)16-28-13-11-19(12-14-28)24(30)27-26-15-22-21-4-2-1-3-18(21)7-10-23(22)29/h1-10,15,19,29H,11-14,16H2,(H,27,30)/p+1/b26-15+. The molecule has 0 radical (unpaired) electrons. The number of rotatable bonds is 5. The average Bonchev–Trinajstić information content (AvgIpc) is 2.77. The molecular weight excluding hydrogens is 398 g/mol. The summed E-state index contributed by atoms with van der Waals surface area (Å²) in [6.45, 7) is 2.85. The minimum Gasteiger partial charge on any atom is -0.507 e. The molecule has 1 heterocycles. The molecule has 0 unspecified atom stereocenters. The van der Waals surface area contributed by atoms with Crippen LogP contribution >= 0.6 is 11.6 Å². The Bertz CT molecular complexity index is 1060. The summed E-state index contributed by atoms with van der Waals surface area (Å²) in [7, 11) is 0. The number of phenolic OH excluding ortho intramolecular Hbond substituents is 1. The van der Waals surface area contributed by atoms with Crippen LogP contribution in [0.3, 0.4) is 0 Å². The molecule has 0 atom stereocenters. The summed E-state index contributed by atoms with van der Waals surface area (Å²) in [5.74, 6) is 0.0551. The Labute approximate surface area is 181 Å². The van der Waals surface area contributed by atoms with Crippen LogP contribution in [0.15, 0.2) is 65.8 Å². The number of hydrazone groups is 1. The van der Waals surface area contributed by atoms with Crippen molar-refractivity contribution in [3.8, 4) is 5.75 Å². The maximum absolute atomic E-state index is 12.5. The van der Waals surface area contributed by atoms with Crippen LogP contribution in [0.5, 0.6) is 5.75 Å². The number of benzene rings is 3. The van der Waals surface area contributed by atoms with Gasteiger partial charge in [0.2, 0.25) is 5.91 Å². The van der Waals surface area contributed by atoms with Gasteiger partial charge in [0.25, 0.3) is 0 Å². The first-order chi connectivity index (χ1) is 14.6. The minimum atomic E-state index is -0.0588. The number of fused-ring (bicyclic) bond motifs is 1. The highest BCUT2D eigenvalue weighted by atomic mass is 35.5. The molecule has 6 heteroatoms.